The van der Waals surface area contributed by atoms with Crippen molar-refractivity contribution in [3.05, 3.63) is 39.6 Å². The molecule has 1 atom stereocenters. The molecule has 1 fully saturated rings. The molecule has 0 spiro atoms. The molecule has 1 saturated carbocycles. The molecule has 1 heterocycles. The molecular formula is C18H17BrF5N3O2. The molecule has 158 valence electrons. The minimum absolute atomic E-state index is 0.0111. The zero-order chi connectivity index (χ0) is 21.5. The second kappa shape index (κ2) is 7.92. The van der Waals surface area contributed by atoms with Gasteiger partial charge >= 0.3 is 12.8 Å². The Bertz CT molecular complexity index is 925. The van der Waals surface area contributed by atoms with Crippen LogP contribution in [0.2, 0.25) is 0 Å². The summed E-state index contributed by atoms with van der Waals surface area (Å²) >= 11 is 2.97. The minimum Gasteiger partial charge on any atom is -0.433 e. The lowest BCUT2D eigenvalue weighted by atomic mass is 10.2. The zero-order valence-corrected chi connectivity index (χ0v) is 16.9. The van der Waals surface area contributed by atoms with Crippen LogP contribution in [-0.2, 0) is 11.0 Å². The van der Waals surface area contributed by atoms with Crippen LogP contribution >= 0.6 is 15.9 Å². The number of halogens is 6. The van der Waals surface area contributed by atoms with E-state index >= 15 is 0 Å². The van der Waals surface area contributed by atoms with Crippen LogP contribution in [0, 0.1) is 6.92 Å². The lowest BCUT2D eigenvalue weighted by Gasteiger charge is -2.18. The largest absolute Gasteiger partial charge is 0.436 e. The lowest BCUT2D eigenvalue weighted by molar-refractivity contribution is -0.142. The van der Waals surface area contributed by atoms with Crippen molar-refractivity contribution >= 4 is 27.5 Å². The number of hydrogen-bond donors (Lipinski definition) is 1. The van der Waals surface area contributed by atoms with Crippen molar-refractivity contribution < 1.29 is 31.5 Å². The van der Waals surface area contributed by atoms with Gasteiger partial charge in [0.25, 0.3) is 0 Å². The number of alkyl halides is 5. The van der Waals surface area contributed by atoms with Crippen molar-refractivity contribution in [2.45, 2.75) is 51.4 Å². The number of hydrogen-bond acceptors (Lipinski definition) is 3. The highest BCUT2D eigenvalue weighted by Gasteiger charge is 2.43. The normalized spacial score (nSPS) is 15.5. The van der Waals surface area contributed by atoms with E-state index in [1.54, 1.807) is 13.0 Å². The first-order valence-electron chi connectivity index (χ1n) is 8.70. The number of ether oxygens (including phenoxy) is 1. The summed E-state index contributed by atoms with van der Waals surface area (Å²) in [7, 11) is 0. The van der Waals surface area contributed by atoms with Gasteiger partial charge in [0.2, 0.25) is 5.91 Å². The van der Waals surface area contributed by atoms with Gasteiger partial charge in [-0.15, -0.1) is 0 Å². The Labute approximate surface area is 171 Å². The van der Waals surface area contributed by atoms with Crippen LogP contribution in [0.15, 0.2) is 22.7 Å². The second-order valence-electron chi connectivity index (χ2n) is 6.81. The Hall–Kier alpha value is -2.17. The van der Waals surface area contributed by atoms with Crippen LogP contribution in [0.5, 0.6) is 5.75 Å². The Morgan fingerprint density at radius 1 is 1.34 bits per heavy atom. The molecular weight excluding hydrogens is 465 g/mol. The molecule has 0 saturated heterocycles. The molecule has 1 N–H and O–H groups in total. The van der Waals surface area contributed by atoms with Crippen molar-refractivity contribution in [2.24, 2.45) is 0 Å². The van der Waals surface area contributed by atoms with Crippen LogP contribution in [0.1, 0.15) is 48.7 Å². The fourth-order valence-corrected chi connectivity index (χ4v) is 3.71. The van der Waals surface area contributed by atoms with Crippen LogP contribution in [0.25, 0.3) is 0 Å². The summed E-state index contributed by atoms with van der Waals surface area (Å²) in [6, 6.07) is 3.19. The van der Waals surface area contributed by atoms with Crippen molar-refractivity contribution in [2.75, 3.05) is 5.32 Å². The third kappa shape index (κ3) is 4.71. The van der Waals surface area contributed by atoms with E-state index in [0.717, 1.165) is 4.68 Å². The highest BCUT2D eigenvalue weighted by atomic mass is 79.9. The number of rotatable bonds is 6. The summed E-state index contributed by atoms with van der Waals surface area (Å²) in [5, 5.41) is 6.06. The monoisotopic (exact) mass is 481 g/mol. The fraction of sp³-hybridized carbons (Fsp3) is 0.444. The van der Waals surface area contributed by atoms with Gasteiger partial charge in [0, 0.05) is 5.92 Å². The number of carbonyl (C=O) groups is 1. The molecule has 1 unspecified atom stereocenters. The smallest absolute Gasteiger partial charge is 0.433 e. The Kier molecular flexibility index (Phi) is 5.88. The van der Waals surface area contributed by atoms with Gasteiger partial charge in [-0.3, -0.25) is 9.48 Å². The van der Waals surface area contributed by atoms with Crippen LogP contribution in [0.4, 0.5) is 27.6 Å². The number of anilines is 1. The average Bonchev–Trinajstić information content (AvgIpc) is 3.37. The number of nitrogens with zero attached hydrogens (tertiary/aromatic N) is 2. The number of nitrogens with one attached hydrogen (secondary N) is 1. The van der Waals surface area contributed by atoms with E-state index in [2.05, 4.69) is 31.1 Å². The van der Waals surface area contributed by atoms with E-state index in [9.17, 15) is 26.7 Å². The van der Waals surface area contributed by atoms with Gasteiger partial charge in [-0.05, 0) is 60.3 Å². The number of aryl methyl sites for hydroxylation is 1. The van der Waals surface area contributed by atoms with Gasteiger partial charge in [-0.2, -0.15) is 27.1 Å². The molecule has 1 aliphatic carbocycles. The summed E-state index contributed by atoms with van der Waals surface area (Å²) in [4.78, 5) is 12.7. The molecule has 1 aliphatic rings. The minimum atomic E-state index is -4.68. The highest BCUT2D eigenvalue weighted by molar-refractivity contribution is 9.10. The average molecular weight is 482 g/mol. The number of benzene rings is 1. The maximum Gasteiger partial charge on any atom is 0.436 e. The zero-order valence-electron chi connectivity index (χ0n) is 15.4. The Balaban J connectivity index is 1.90. The first kappa shape index (κ1) is 21.5. The van der Waals surface area contributed by atoms with E-state index in [0.29, 0.717) is 24.1 Å². The van der Waals surface area contributed by atoms with E-state index in [1.807, 2.05) is 0 Å². The SMILES string of the molecule is Cc1ccc(NC(=O)C(C)n2nc(C(F)(F)F)c(Br)c2C2CC2)c(OC(F)F)c1. The summed E-state index contributed by atoms with van der Waals surface area (Å²) in [6.07, 6.45) is -3.29. The lowest BCUT2D eigenvalue weighted by Crippen LogP contribution is -2.26. The maximum absolute atomic E-state index is 13.3. The van der Waals surface area contributed by atoms with Crippen LogP contribution < -0.4 is 10.1 Å². The molecule has 1 aromatic heterocycles. The predicted octanol–water partition coefficient (Wildman–Crippen LogP) is 5.65. The summed E-state index contributed by atoms with van der Waals surface area (Å²) in [5.41, 5.74) is -0.180. The summed E-state index contributed by atoms with van der Waals surface area (Å²) < 4.78 is 70.3. The standard InChI is InChI=1S/C18H17BrF5N3O2/c1-8-3-6-11(12(7-8)29-17(20)21)25-16(28)9(2)27-14(10-4-5-10)13(19)15(26-27)18(22,23)24/h3,6-7,9-10,17H,4-5H2,1-2H3,(H,25,28). The van der Waals surface area contributed by atoms with Crippen molar-refractivity contribution in [1.82, 2.24) is 9.78 Å². The number of aromatic nitrogens is 2. The molecule has 11 heteroatoms. The third-order valence-electron chi connectivity index (χ3n) is 4.48. The van der Waals surface area contributed by atoms with Crippen molar-refractivity contribution in [3.63, 3.8) is 0 Å². The Morgan fingerprint density at radius 2 is 2.00 bits per heavy atom. The van der Waals surface area contributed by atoms with Crippen molar-refractivity contribution in [1.29, 1.82) is 0 Å². The summed E-state index contributed by atoms with van der Waals surface area (Å²) in [5.74, 6) is -1.07. The quantitative estimate of drug-likeness (QED) is 0.542. The highest BCUT2D eigenvalue weighted by Crippen LogP contribution is 2.47. The van der Waals surface area contributed by atoms with Gasteiger partial charge in [0.15, 0.2) is 5.69 Å². The van der Waals surface area contributed by atoms with Gasteiger partial charge in [0.1, 0.15) is 11.8 Å². The third-order valence-corrected chi connectivity index (χ3v) is 5.26. The van der Waals surface area contributed by atoms with E-state index in [4.69, 9.17) is 0 Å². The van der Waals surface area contributed by atoms with Crippen LogP contribution in [0.3, 0.4) is 0 Å². The maximum atomic E-state index is 13.3. The summed E-state index contributed by atoms with van der Waals surface area (Å²) in [6.45, 7) is -0.0420. The fourth-order valence-electron chi connectivity index (χ4n) is 2.90. The van der Waals surface area contributed by atoms with Crippen LogP contribution in [-0.4, -0.2) is 22.3 Å². The molecule has 5 nitrogen and oxygen atoms in total. The van der Waals surface area contributed by atoms with Gasteiger partial charge in [-0.25, -0.2) is 0 Å². The Morgan fingerprint density at radius 3 is 2.55 bits per heavy atom. The molecule has 29 heavy (non-hydrogen) atoms. The molecule has 2 aromatic rings. The first-order chi connectivity index (χ1) is 13.5. The number of carbonyl (C=O) groups excluding carboxylic acids is 1. The van der Waals surface area contributed by atoms with Gasteiger partial charge in [0.05, 0.1) is 15.9 Å². The van der Waals surface area contributed by atoms with E-state index in [-0.39, 0.29) is 21.8 Å². The molecule has 0 bridgehead atoms. The molecule has 1 aromatic carbocycles. The van der Waals surface area contributed by atoms with Crippen molar-refractivity contribution in [3.8, 4) is 5.75 Å². The molecule has 3 rings (SSSR count). The van der Waals surface area contributed by atoms with E-state index < -0.39 is 30.4 Å². The number of amides is 1. The van der Waals surface area contributed by atoms with E-state index in [1.165, 1.54) is 19.1 Å². The second-order valence-corrected chi connectivity index (χ2v) is 7.60. The molecule has 0 radical (unpaired) electrons. The topological polar surface area (TPSA) is 56.2 Å². The molecule has 0 aliphatic heterocycles. The van der Waals surface area contributed by atoms with Gasteiger partial charge in [-0.1, -0.05) is 6.07 Å². The molecule has 1 amide bonds. The van der Waals surface area contributed by atoms with Gasteiger partial charge < -0.3 is 10.1 Å². The first-order valence-corrected chi connectivity index (χ1v) is 9.49. The predicted molar refractivity (Wildman–Crippen MR) is 98.1 cm³/mol.